The van der Waals surface area contributed by atoms with E-state index in [2.05, 4.69) is 26.1 Å². The molecule has 6 heteroatoms. The average Bonchev–Trinajstić information content (AvgIpc) is 2.69. The van der Waals surface area contributed by atoms with Crippen molar-refractivity contribution in [2.45, 2.75) is 50.8 Å². The third-order valence-electron chi connectivity index (χ3n) is 5.50. The number of nitrogens with one attached hydrogen (secondary N) is 1. The number of carbonyl (C=O) groups excluding carboxylic acids is 1. The topological polar surface area (TPSA) is 66.5 Å². The monoisotopic (exact) mass is 414 g/mol. The van der Waals surface area contributed by atoms with Gasteiger partial charge >= 0.3 is 0 Å². The quantitative estimate of drug-likeness (QED) is 0.810. The van der Waals surface area contributed by atoms with Crippen molar-refractivity contribution in [3.8, 4) is 0 Å². The Kier molecular flexibility index (Phi) is 6.15. The van der Waals surface area contributed by atoms with Gasteiger partial charge in [0, 0.05) is 24.7 Å². The summed E-state index contributed by atoms with van der Waals surface area (Å²) in [5, 5.41) is 2.94. The Hall–Kier alpha value is -2.18. The summed E-state index contributed by atoms with van der Waals surface area (Å²) in [6, 6.07) is 14.8. The summed E-state index contributed by atoms with van der Waals surface area (Å²) in [5.41, 5.74) is 2.99. The van der Waals surface area contributed by atoms with Gasteiger partial charge in [-0.2, -0.15) is 4.31 Å². The molecule has 1 N–H and O–H groups in total. The maximum Gasteiger partial charge on any atom is 0.243 e. The molecule has 1 fully saturated rings. The highest BCUT2D eigenvalue weighted by Gasteiger charge is 2.32. The van der Waals surface area contributed by atoms with Crippen molar-refractivity contribution in [1.82, 2.24) is 4.31 Å². The Morgan fingerprint density at radius 2 is 1.52 bits per heavy atom. The van der Waals surface area contributed by atoms with E-state index in [0.717, 1.165) is 16.8 Å². The van der Waals surface area contributed by atoms with Crippen molar-refractivity contribution < 1.29 is 13.2 Å². The number of anilines is 1. The van der Waals surface area contributed by atoms with Crippen molar-refractivity contribution in [3.05, 3.63) is 59.7 Å². The summed E-state index contributed by atoms with van der Waals surface area (Å²) in [6.07, 6.45) is 1.05. The van der Waals surface area contributed by atoms with Crippen LogP contribution < -0.4 is 5.32 Å². The van der Waals surface area contributed by atoms with Crippen LogP contribution in [0, 0.1) is 12.8 Å². The fourth-order valence-corrected chi connectivity index (χ4v) is 4.99. The zero-order valence-corrected chi connectivity index (χ0v) is 18.4. The van der Waals surface area contributed by atoms with Crippen LogP contribution in [0.4, 0.5) is 5.69 Å². The van der Waals surface area contributed by atoms with Crippen LogP contribution in [0.15, 0.2) is 53.4 Å². The zero-order valence-electron chi connectivity index (χ0n) is 17.6. The molecule has 0 atom stereocenters. The summed E-state index contributed by atoms with van der Waals surface area (Å²) in [4.78, 5) is 12.8. The van der Waals surface area contributed by atoms with E-state index in [1.807, 2.05) is 43.3 Å². The van der Waals surface area contributed by atoms with E-state index in [4.69, 9.17) is 0 Å². The van der Waals surface area contributed by atoms with E-state index >= 15 is 0 Å². The van der Waals surface area contributed by atoms with Crippen molar-refractivity contribution in [2.24, 2.45) is 5.92 Å². The van der Waals surface area contributed by atoms with E-state index in [-0.39, 0.29) is 17.2 Å². The van der Waals surface area contributed by atoms with E-state index in [1.165, 1.54) is 4.31 Å². The van der Waals surface area contributed by atoms with Crippen molar-refractivity contribution in [3.63, 3.8) is 0 Å². The van der Waals surface area contributed by atoms with Gasteiger partial charge in [-0.1, -0.05) is 50.6 Å². The molecule has 2 aromatic carbocycles. The summed E-state index contributed by atoms with van der Waals surface area (Å²) in [5.74, 6) is -0.216. The maximum absolute atomic E-state index is 13.0. The number of nitrogens with zero attached hydrogens (tertiary/aromatic N) is 1. The minimum atomic E-state index is -3.54. The van der Waals surface area contributed by atoms with E-state index < -0.39 is 10.0 Å². The molecule has 0 radical (unpaired) electrons. The van der Waals surface area contributed by atoms with Gasteiger partial charge in [-0.05, 0) is 55.0 Å². The molecule has 1 aliphatic rings. The van der Waals surface area contributed by atoms with Gasteiger partial charge in [-0.15, -0.1) is 0 Å². The second kappa shape index (κ2) is 8.28. The summed E-state index contributed by atoms with van der Waals surface area (Å²) in [7, 11) is -3.54. The predicted octanol–water partition coefficient (Wildman–Crippen LogP) is 4.33. The Morgan fingerprint density at radius 1 is 0.966 bits per heavy atom. The van der Waals surface area contributed by atoms with Crippen LogP contribution >= 0.6 is 0 Å². The Labute approximate surface area is 174 Å². The van der Waals surface area contributed by atoms with Gasteiger partial charge in [0.2, 0.25) is 15.9 Å². The van der Waals surface area contributed by atoms with Crippen molar-refractivity contribution in [1.29, 1.82) is 0 Å². The molecule has 0 unspecified atom stereocenters. The minimum Gasteiger partial charge on any atom is -0.326 e. The summed E-state index contributed by atoms with van der Waals surface area (Å²) >= 11 is 0. The molecule has 1 amide bonds. The average molecular weight is 415 g/mol. The number of hydrogen-bond acceptors (Lipinski definition) is 3. The molecule has 1 aliphatic heterocycles. The Morgan fingerprint density at radius 3 is 2.03 bits per heavy atom. The molecule has 5 nitrogen and oxygen atoms in total. The molecule has 0 spiro atoms. The van der Waals surface area contributed by atoms with E-state index in [0.29, 0.717) is 30.8 Å². The molecule has 29 heavy (non-hydrogen) atoms. The molecule has 0 aromatic heterocycles. The fourth-order valence-electron chi connectivity index (χ4n) is 3.52. The van der Waals surface area contributed by atoms with Crippen LogP contribution in [0.5, 0.6) is 0 Å². The first-order valence-electron chi connectivity index (χ1n) is 10.1. The maximum atomic E-state index is 13.0. The molecule has 156 valence electrons. The number of hydrogen-bond donors (Lipinski definition) is 1. The summed E-state index contributed by atoms with van der Waals surface area (Å²) in [6.45, 7) is 9.01. The first-order chi connectivity index (χ1) is 13.6. The number of aryl methyl sites for hydroxylation is 1. The Balaban J connectivity index is 1.61. The molecular weight excluding hydrogens is 384 g/mol. The van der Waals surface area contributed by atoms with Crippen molar-refractivity contribution in [2.75, 3.05) is 18.4 Å². The fraction of sp³-hybridized carbons (Fsp3) is 0.435. The lowest BCUT2D eigenvalue weighted by molar-refractivity contribution is -0.120. The lowest BCUT2D eigenvalue weighted by Gasteiger charge is -2.30. The Bertz CT molecular complexity index is 951. The van der Waals surface area contributed by atoms with Crippen LogP contribution in [0.2, 0.25) is 0 Å². The smallest absolute Gasteiger partial charge is 0.243 e. The van der Waals surface area contributed by atoms with Gasteiger partial charge in [-0.3, -0.25) is 4.79 Å². The lowest BCUT2D eigenvalue weighted by Crippen LogP contribution is -2.41. The van der Waals surface area contributed by atoms with Gasteiger partial charge in [0.1, 0.15) is 0 Å². The largest absolute Gasteiger partial charge is 0.326 e. The molecule has 0 saturated carbocycles. The molecular formula is C23H30N2O3S. The normalized spacial score (nSPS) is 16.6. The van der Waals surface area contributed by atoms with Crippen LogP contribution in [0.25, 0.3) is 0 Å². The van der Waals surface area contributed by atoms with Crippen LogP contribution in [0.3, 0.4) is 0 Å². The molecule has 1 saturated heterocycles. The third-order valence-corrected chi connectivity index (χ3v) is 7.41. The molecule has 2 aromatic rings. The highest BCUT2D eigenvalue weighted by atomic mass is 32.2. The molecule has 3 rings (SSSR count). The van der Waals surface area contributed by atoms with Gasteiger partial charge in [-0.25, -0.2) is 8.42 Å². The van der Waals surface area contributed by atoms with Crippen LogP contribution in [-0.4, -0.2) is 31.7 Å². The highest BCUT2D eigenvalue weighted by Crippen LogP contribution is 2.27. The first kappa shape index (κ1) is 21.5. The van der Waals surface area contributed by atoms with Crippen LogP contribution in [0.1, 0.15) is 44.7 Å². The predicted molar refractivity (Wildman–Crippen MR) is 116 cm³/mol. The molecule has 1 heterocycles. The third kappa shape index (κ3) is 5.06. The second-order valence-electron chi connectivity index (χ2n) is 8.81. The SMILES string of the molecule is Cc1ccc(NC(=O)C2CCN(S(=O)(=O)c3ccc(C(C)(C)C)cc3)CC2)cc1. The van der Waals surface area contributed by atoms with E-state index in [1.54, 1.807) is 12.1 Å². The zero-order chi connectivity index (χ0) is 21.2. The second-order valence-corrected chi connectivity index (χ2v) is 10.7. The van der Waals surface area contributed by atoms with Gasteiger partial charge in [0.15, 0.2) is 0 Å². The summed E-state index contributed by atoms with van der Waals surface area (Å²) < 4.78 is 27.4. The van der Waals surface area contributed by atoms with Gasteiger partial charge in [0.05, 0.1) is 4.90 Å². The number of amides is 1. The number of sulfonamides is 1. The number of carbonyl (C=O) groups is 1. The number of benzene rings is 2. The van der Waals surface area contributed by atoms with Gasteiger partial charge < -0.3 is 5.32 Å². The van der Waals surface area contributed by atoms with Gasteiger partial charge in [0.25, 0.3) is 0 Å². The molecule has 0 aliphatic carbocycles. The first-order valence-corrected chi connectivity index (χ1v) is 11.5. The van der Waals surface area contributed by atoms with E-state index in [9.17, 15) is 13.2 Å². The van der Waals surface area contributed by atoms with Crippen molar-refractivity contribution >= 4 is 21.6 Å². The standard InChI is InChI=1S/C23H30N2O3S/c1-17-5-9-20(10-6-17)24-22(26)18-13-15-25(16-14-18)29(27,28)21-11-7-19(8-12-21)23(2,3)4/h5-12,18H,13-16H2,1-4H3,(H,24,26). The number of piperidine rings is 1. The lowest BCUT2D eigenvalue weighted by atomic mass is 9.87. The molecule has 0 bridgehead atoms. The minimum absolute atomic E-state index is 0.0224. The number of rotatable bonds is 4. The van der Waals surface area contributed by atoms with Crippen LogP contribution in [-0.2, 0) is 20.2 Å². The highest BCUT2D eigenvalue weighted by molar-refractivity contribution is 7.89.